The average molecular weight is 212 g/mol. The molecule has 6 heteroatoms. The number of oxime groups is 1. The Balaban J connectivity index is 2.27. The molecule has 0 amide bonds. The van der Waals surface area contributed by atoms with Crippen molar-refractivity contribution in [3.8, 4) is 0 Å². The van der Waals surface area contributed by atoms with Crippen LogP contribution in [0.25, 0.3) is 0 Å². The molecule has 84 valence electrons. The van der Waals surface area contributed by atoms with Gasteiger partial charge in [0.1, 0.15) is 11.6 Å². The first-order chi connectivity index (χ1) is 7.13. The molecule has 0 radical (unpaired) electrons. The van der Waals surface area contributed by atoms with Gasteiger partial charge in [-0.15, -0.1) is 0 Å². The molecule has 1 heterocycles. The first-order valence-electron chi connectivity index (χ1n) is 4.73. The maximum Gasteiger partial charge on any atom is 0.143 e. The van der Waals surface area contributed by atoms with Gasteiger partial charge in [0.25, 0.3) is 0 Å². The summed E-state index contributed by atoms with van der Waals surface area (Å²) in [5.74, 6) is 0.998. The van der Waals surface area contributed by atoms with Gasteiger partial charge in [-0.1, -0.05) is 17.2 Å². The highest BCUT2D eigenvalue weighted by atomic mass is 16.5. The van der Waals surface area contributed by atoms with Crippen molar-refractivity contribution in [2.24, 2.45) is 16.8 Å². The van der Waals surface area contributed by atoms with Crippen molar-refractivity contribution >= 4 is 5.84 Å². The summed E-state index contributed by atoms with van der Waals surface area (Å²) in [6, 6.07) is 1.86. The molecule has 0 aromatic carbocycles. The van der Waals surface area contributed by atoms with Gasteiger partial charge in [-0.25, -0.2) is 0 Å². The van der Waals surface area contributed by atoms with E-state index in [2.05, 4.69) is 15.6 Å². The summed E-state index contributed by atoms with van der Waals surface area (Å²) >= 11 is 0. The smallest absolute Gasteiger partial charge is 0.143 e. The quantitative estimate of drug-likeness (QED) is 0.285. The normalized spacial score (nSPS) is 14.1. The highest BCUT2D eigenvalue weighted by Crippen LogP contribution is 2.01. The van der Waals surface area contributed by atoms with Crippen LogP contribution in [0.2, 0.25) is 0 Å². The number of nitrogens with one attached hydrogen (secondary N) is 1. The van der Waals surface area contributed by atoms with Crippen LogP contribution in [0.15, 0.2) is 15.7 Å². The minimum absolute atomic E-state index is 0.0111. The molecule has 0 aliphatic carbocycles. The Kier molecular flexibility index (Phi) is 4.11. The number of amidine groups is 1. The Morgan fingerprint density at radius 3 is 3.07 bits per heavy atom. The van der Waals surface area contributed by atoms with Crippen LogP contribution in [0, 0.1) is 12.8 Å². The lowest BCUT2D eigenvalue weighted by Gasteiger charge is -2.09. The third kappa shape index (κ3) is 3.59. The van der Waals surface area contributed by atoms with Gasteiger partial charge in [0.15, 0.2) is 0 Å². The zero-order valence-corrected chi connectivity index (χ0v) is 8.90. The molecule has 0 bridgehead atoms. The molecule has 6 nitrogen and oxygen atoms in total. The van der Waals surface area contributed by atoms with Crippen LogP contribution in [0.5, 0.6) is 0 Å². The van der Waals surface area contributed by atoms with E-state index in [-0.39, 0.29) is 11.8 Å². The highest BCUT2D eigenvalue weighted by molar-refractivity contribution is 5.82. The molecule has 1 aromatic heterocycles. The third-order valence-electron chi connectivity index (χ3n) is 2.05. The summed E-state index contributed by atoms with van der Waals surface area (Å²) in [7, 11) is 0. The zero-order chi connectivity index (χ0) is 11.3. The molecule has 1 atom stereocenters. The second kappa shape index (κ2) is 5.35. The van der Waals surface area contributed by atoms with E-state index in [1.54, 1.807) is 0 Å². The standard InChI is InChI=1S/C9H16N4O2/c1-6(9(10)12-14)4-11-5-8-3-7(2)15-13-8/h3,6,11,14H,4-5H2,1-2H3,(H2,10,12). The van der Waals surface area contributed by atoms with Crippen LogP contribution < -0.4 is 11.1 Å². The van der Waals surface area contributed by atoms with Gasteiger partial charge in [0, 0.05) is 25.1 Å². The van der Waals surface area contributed by atoms with Gasteiger partial charge in [0.2, 0.25) is 0 Å². The number of aromatic nitrogens is 1. The zero-order valence-electron chi connectivity index (χ0n) is 8.90. The first kappa shape index (κ1) is 11.5. The second-order valence-electron chi connectivity index (χ2n) is 3.49. The molecular weight excluding hydrogens is 196 g/mol. The molecule has 0 fully saturated rings. The summed E-state index contributed by atoms with van der Waals surface area (Å²) in [6.45, 7) is 4.95. The maximum atomic E-state index is 8.43. The Bertz CT molecular complexity index is 335. The Hall–Kier alpha value is -1.56. The van der Waals surface area contributed by atoms with Crippen LogP contribution in [0.3, 0.4) is 0 Å². The molecule has 0 saturated heterocycles. The number of aryl methyl sites for hydroxylation is 1. The van der Waals surface area contributed by atoms with Gasteiger partial charge in [-0.05, 0) is 6.92 Å². The highest BCUT2D eigenvalue weighted by Gasteiger charge is 2.07. The van der Waals surface area contributed by atoms with Crippen LogP contribution >= 0.6 is 0 Å². The Morgan fingerprint density at radius 2 is 2.53 bits per heavy atom. The van der Waals surface area contributed by atoms with E-state index in [0.29, 0.717) is 13.1 Å². The summed E-state index contributed by atoms with van der Waals surface area (Å²) in [5, 5.41) is 18.3. The topological polar surface area (TPSA) is 96.7 Å². The number of hydrogen-bond acceptors (Lipinski definition) is 5. The molecule has 15 heavy (non-hydrogen) atoms. The van der Waals surface area contributed by atoms with Crippen LogP contribution in [0.1, 0.15) is 18.4 Å². The van der Waals surface area contributed by atoms with Crippen molar-refractivity contribution in [2.75, 3.05) is 6.54 Å². The predicted molar refractivity (Wildman–Crippen MR) is 55.5 cm³/mol. The van der Waals surface area contributed by atoms with Crippen LogP contribution in [0.4, 0.5) is 0 Å². The van der Waals surface area contributed by atoms with Crippen LogP contribution in [-0.2, 0) is 6.54 Å². The van der Waals surface area contributed by atoms with E-state index in [1.165, 1.54) is 0 Å². The fourth-order valence-corrected chi connectivity index (χ4v) is 1.12. The summed E-state index contributed by atoms with van der Waals surface area (Å²) in [4.78, 5) is 0. The summed E-state index contributed by atoms with van der Waals surface area (Å²) < 4.78 is 4.91. The van der Waals surface area contributed by atoms with Crippen molar-refractivity contribution < 1.29 is 9.73 Å². The molecule has 0 spiro atoms. The van der Waals surface area contributed by atoms with Crippen molar-refractivity contribution in [1.82, 2.24) is 10.5 Å². The van der Waals surface area contributed by atoms with E-state index in [1.807, 2.05) is 19.9 Å². The summed E-state index contributed by atoms with van der Waals surface area (Å²) in [6.07, 6.45) is 0. The fourth-order valence-electron chi connectivity index (χ4n) is 1.12. The Morgan fingerprint density at radius 1 is 1.80 bits per heavy atom. The van der Waals surface area contributed by atoms with Crippen LogP contribution in [-0.4, -0.2) is 22.7 Å². The number of nitrogens with zero attached hydrogens (tertiary/aromatic N) is 2. The molecule has 4 N–H and O–H groups in total. The number of nitrogens with two attached hydrogens (primary N) is 1. The lowest BCUT2D eigenvalue weighted by molar-refractivity contribution is 0.314. The Labute approximate surface area is 88.1 Å². The minimum Gasteiger partial charge on any atom is -0.409 e. The third-order valence-corrected chi connectivity index (χ3v) is 2.05. The lowest BCUT2D eigenvalue weighted by atomic mass is 10.1. The predicted octanol–water partition coefficient (Wildman–Crippen LogP) is 0.455. The van der Waals surface area contributed by atoms with Gasteiger partial charge in [0.05, 0.1) is 5.69 Å². The molecule has 1 aromatic rings. The molecule has 1 unspecified atom stereocenters. The van der Waals surface area contributed by atoms with E-state index in [9.17, 15) is 0 Å². The molecule has 0 aliphatic heterocycles. The largest absolute Gasteiger partial charge is 0.409 e. The van der Waals surface area contributed by atoms with Crippen molar-refractivity contribution in [2.45, 2.75) is 20.4 Å². The van der Waals surface area contributed by atoms with Crippen molar-refractivity contribution in [1.29, 1.82) is 0 Å². The molecule has 0 aliphatic rings. The van der Waals surface area contributed by atoms with Gasteiger partial charge >= 0.3 is 0 Å². The monoisotopic (exact) mass is 212 g/mol. The van der Waals surface area contributed by atoms with Crippen molar-refractivity contribution in [3.63, 3.8) is 0 Å². The van der Waals surface area contributed by atoms with E-state index < -0.39 is 0 Å². The van der Waals surface area contributed by atoms with Gasteiger partial charge in [-0.3, -0.25) is 0 Å². The average Bonchev–Trinajstić information content (AvgIpc) is 2.63. The maximum absolute atomic E-state index is 8.43. The molecule has 0 saturated carbocycles. The second-order valence-corrected chi connectivity index (χ2v) is 3.49. The fraction of sp³-hybridized carbons (Fsp3) is 0.556. The van der Waals surface area contributed by atoms with Crippen molar-refractivity contribution in [3.05, 3.63) is 17.5 Å². The van der Waals surface area contributed by atoms with Gasteiger partial charge in [-0.2, -0.15) is 0 Å². The first-order valence-corrected chi connectivity index (χ1v) is 4.73. The number of rotatable bonds is 5. The van der Waals surface area contributed by atoms with E-state index >= 15 is 0 Å². The SMILES string of the molecule is Cc1cc(CNCC(C)C(N)=NO)no1. The molecule has 1 rings (SSSR count). The summed E-state index contributed by atoms with van der Waals surface area (Å²) in [5.41, 5.74) is 6.27. The number of hydrogen-bond donors (Lipinski definition) is 3. The van der Waals surface area contributed by atoms with E-state index in [0.717, 1.165) is 11.5 Å². The lowest BCUT2D eigenvalue weighted by Crippen LogP contribution is -2.31. The minimum atomic E-state index is -0.0111. The molecular formula is C9H16N4O2. The van der Waals surface area contributed by atoms with E-state index in [4.69, 9.17) is 15.5 Å². The van der Waals surface area contributed by atoms with Gasteiger partial charge < -0.3 is 20.8 Å².